The summed E-state index contributed by atoms with van der Waals surface area (Å²) in [4.78, 5) is 0.115. The average molecular weight is 394 g/mol. The van der Waals surface area contributed by atoms with Gasteiger partial charge in [-0.15, -0.1) is 0 Å². The first-order valence-electron chi connectivity index (χ1n) is 6.07. The van der Waals surface area contributed by atoms with E-state index in [4.69, 9.17) is 11.6 Å². The first kappa shape index (κ1) is 16.3. The minimum Gasteiger partial charge on any atom is -0.318 e. The van der Waals surface area contributed by atoms with Crippen LogP contribution in [0.5, 0.6) is 0 Å². The molecule has 2 N–H and O–H groups in total. The number of likely N-dealkylation sites (N-methyl/N-ethyl adjacent to an activating group) is 1. The van der Waals surface area contributed by atoms with E-state index >= 15 is 0 Å². The molecule has 1 heterocycles. The van der Waals surface area contributed by atoms with Crippen LogP contribution < -0.4 is 10.0 Å². The molecule has 0 atom stereocenters. The third kappa shape index (κ3) is 4.19. The van der Waals surface area contributed by atoms with Gasteiger partial charge in [0.2, 0.25) is 0 Å². The van der Waals surface area contributed by atoms with Crippen LogP contribution >= 0.6 is 27.5 Å². The molecule has 6 nitrogen and oxygen atoms in total. The quantitative estimate of drug-likeness (QED) is 0.790. The van der Waals surface area contributed by atoms with E-state index in [9.17, 15) is 8.42 Å². The monoisotopic (exact) mass is 392 g/mol. The van der Waals surface area contributed by atoms with Gasteiger partial charge in [-0.1, -0.05) is 11.6 Å². The summed E-state index contributed by atoms with van der Waals surface area (Å²) >= 11 is 9.13. The van der Waals surface area contributed by atoms with Crippen molar-refractivity contribution in [1.82, 2.24) is 15.1 Å². The molecule has 0 aliphatic heterocycles. The molecule has 0 amide bonds. The van der Waals surface area contributed by atoms with Crippen LogP contribution in [-0.4, -0.2) is 31.8 Å². The average Bonchev–Trinajstić information content (AvgIpc) is 2.90. The summed E-state index contributed by atoms with van der Waals surface area (Å²) in [6.45, 7) is 1.30. The smallest absolute Gasteiger partial charge is 0.265 e. The number of halogens is 2. The highest BCUT2D eigenvalue weighted by atomic mass is 79.9. The SMILES string of the molecule is CNCCn1cc(S(=O)(=O)Nc2ccc(Cl)c(Br)c2)cn1. The fraction of sp³-hybridized carbons (Fsp3) is 0.250. The molecule has 1 aromatic carbocycles. The molecule has 2 rings (SSSR count). The second kappa shape index (κ2) is 6.78. The van der Waals surface area contributed by atoms with Crippen LogP contribution in [0, 0.1) is 0 Å². The Morgan fingerprint density at radius 2 is 2.19 bits per heavy atom. The molecule has 21 heavy (non-hydrogen) atoms. The van der Waals surface area contributed by atoms with Crippen molar-refractivity contribution < 1.29 is 8.42 Å². The molecule has 1 aromatic heterocycles. The van der Waals surface area contributed by atoms with Gasteiger partial charge in [-0.05, 0) is 41.2 Å². The van der Waals surface area contributed by atoms with Gasteiger partial charge in [0, 0.05) is 17.2 Å². The van der Waals surface area contributed by atoms with Crippen molar-refractivity contribution in [3.63, 3.8) is 0 Å². The number of hydrogen-bond acceptors (Lipinski definition) is 4. The zero-order valence-electron chi connectivity index (χ0n) is 11.2. The van der Waals surface area contributed by atoms with E-state index in [-0.39, 0.29) is 4.90 Å². The minimum absolute atomic E-state index is 0.115. The van der Waals surface area contributed by atoms with Gasteiger partial charge in [0.25, 0.3) is 10.0 Å². The van der Waals surface area contributed by atoms with Crippen LogP contribution in [0.3, 0.4) is 0 Å². The first-order chi connectivity index (χ1) is 9.92. The van der Waals surface area contributed by atoms with Crippen molar-refractivity contribution in [3.05, 3.63) is 40.1 Å². The standard InChI is InChI=1S/C12H14BrClN4O2S/c1-15-4-5-18-8-10(7-16-18)21(19,20)17-9-2-3-12(14)11(13)6-9/h2-3,6-8,15,17H,4-5H2,1H3. The molecule has 0 saturated heterocycles. The van der Waals surface area contributed by atoms with E-state index in [2.05, 4.69) is 31.1 Å². The maximum atomic E-state index is 12.3. The zero-order chi connectivity index (χ0) is 15.5. The second-order valence-electron chi connectivity index (χ2n) is 4.28. The van der Waals surface area contributed by atoms with Crippen LogP contribution in [0.4, 0.5) is 5.69 Å². The lowest BCUT2D eigenvalue weighted by Crippen LogP contribution is -2.15. The Kier molecular flexibility index (Phi) is 5.26. The predicted molar refractivity (Wildman–Crippen MR) is 86.1 cm³/mol. The first-order valence-corrected chi connectivity index (χ1v) is 8.73. The summed E-state index contributed by atoms with van der Waals surface area (Å²) in [5.74, 6) is 0. The molecule has 9 heteroatoms. The highest BCUT2D eigenvalue weighted by Crippen LogP contribution is 2.26. The summed E-state index contributed by atoms with van der Waals surface area (Å²) in [7, 11) is -1.84. The van der Waals surface area contributed by atoms with Crippen LogP contribution in [0.2, 0.25) is 5.02 Å². The summed E-state index contributed by atoms with van der Waals surface area (Å²) < 4.78 is 29.2. The highest BCUT2D eigenvalue weighted by molar-refractivity contribution is 9.10. The maximum Gasteiger partial charge on any atom is 0.265 e. The zero-order valence-corrected chi connectivity index (χ0v) is 14.3. The Morgan fingerprint density at radius 1 is 1.43 bits per heavy atom. The van der Waals surface area contributed by atoms with Crippen molar-refractivity contribution in [1.29, 1.82) is 0 Å². The van der Waals surface area contributed by atoms with Gasteiger partial charge in [-0.25, -0.2) is 8.42 Å². The fourth-order valence-electron chi connectivity index (χ4n) is 1.61. The van der Waals surface area contributed by atoms with E-state index in [0.29, 0.717) is 28.3 Å². The van der Waals surface area contributed by atoms with Gasteiger partial charge in [-0.2, -0.15) is 5.10 Å². The normalized spacial score (nSPS) is 11.6. The van der Waals surface area contributed by atoms with E-state index in [1.165, 1.54) is 12.4 Å². The Bertz CT molecular complexity index is 733. The molecule has 0 fully saturated rings. The number of aromatic nitrogens is 2. The number of rotatable bonds is 6. The minimum atomic E-state index is -3.66. The molecule has 0 spiro atoms. The van der Waals surface area contributed by atoms with Gasteiger partial charge in [0.15, 0.2) is 0 Å². The fourth-order valence-corrected chi connectivity index (χ4v) is 3.10. The molecule has 114 valence electrons. The molecule has 0 saturated carbocycles. The van der Waals surface area contributed by atoms with E-state index < -0.39 is 10.0 Å². The molecule has 0 aliphatic rings. The van der Waals surface area contributed by atoms with Gasteiger partial charge in [-0.3, -0.25) is 9.40 Å². The van der Waals surface area contributed by atoms with E-state index in [0.717, 1.165) is 0 Å². The predicted octanol–water partition coefficient (Wildman–Crippen LogP) is 2.32. The Balaban J connectivity index is 2.17. The molecule has 0 radical (unpaired) electrons. The molecule has 0 aliphatic carbocycles. The molecular formula is C12H14BrClN4O2S. The maximum absolute atomic E-state index is 12.3. The molecule has 0 bridgehead atoms. The largest absolute Gasteiger partial charge is 0.318 e. The third-order valence-corrected chi connectivity index (χ3v) is 5.23. The topological polar surface area (TPSA) is 76.0 Å². The number of benzene rings is 1. The summed E-state index contributed by atoms with van der Waals surface area (Å²) in [6.07, 6.45) is 2.81. The highest BCUT2D eigenvalue weighted by Gasteiger charge is 2.17. The third-order valence-electron chi connectivity index (χ3n) is 2.68. The Labute approximate surface area is 136 Å². The van der Waals surface area contributed by atoms with Crippen molar-refractivity contribution in [2.24, 2.45) is 0 Å². The number of hydrogen-bond donors (Lipinski definition) is 2. The molecule has 0 unspecified atom stereocenters. The number of nitrogens with zero attached hydrogens (tertiary/aromatic N) is 2. The number of nitrogens with one attached hydrogen (secondary N) is 2. The van der Waals surface area contributed by atoms with Crippen molar-refractivity contribution in [2.75, 3.05) is 18.3 Å². The van der Waals surface area contributed by atoms with Crippen LogP contribution in [0.15, 0.2) is 40.0 Å². The second-order valence-corrected chi connectivity index (χ2v) is 7.22. The van der Waals surface area contributed by atoms with Gasteiger partial charge >= 0.3 is 0 Å². The molecular weight excluding hydrogens is 380 g/mol. The number of anilines is 1. The van der Waals surface area contributed by atoms with Crippen LogP contribution in [0.1, 0.15) is 0 Å². The van der Waals surface area contributed by atoms with Crippen molar-refractivity contribution in [3.8, 4) is 0 Å². The Hall–Kier alpha value is -1.09. The summed E-state index contributed by atoms with van der Waals surface area (Å²) in [6, 6.07) is 4.81. The van der Waals surface area contributed by atoms with Crippen molar-refractivity contribution >= 4 is 43.2 Å². The van der Waals surface area contributed by atoms with Crippen LogP contribution in [0.25, 0.3) is 0 Å². The van der Waals surface area contributed by atoms with Crippen LogP contribution in [-0.2, 0) is 16.6 Å². The van der Waals surface area contributed by atoms with E-state index in [1.807, 2.05) is 7.05 Å². The summed E-state index contributed by atoms with van der Waals surface area (Å²) in [5.41, 5.74) is 0.425. The van der Waals surface area contributed by atoms with Gasteiger partial charge < -0.3 is 5.32 Å². The van der Waals surface area contributed by atoms with Crippen molar-refractivity contribution in [2.45, 2.75) is 11.4 Å². The van der Waals surface area contributed by atoms with E-state index in [1.54, 1.807) is 22.9 Å². The lowest BCUT2D eigenvalue weighted by molar-refractivity contribution is 0.582. The Morgan fingerprint density at radius 3 is 2.86 bits per heavy atom. The lowest BCUT2D eigenvalue weighted by Gasteiger charge is -2.07. The summed E-state index contributed by atoms with van der Waals surface area (Å²) in [5, 5.41) is 7.50. The number of sulfonamides is 1. The van der Waals surface area contributed by atoms with Gasteiger partial charge in [0.05, 0.1) is 23.5 Å². The van der Waals surface area contributed by atoms with Gasteiger partial charge in [0.1, 0.15) is 4.90 Å². The lowest BCUT2D eigenvalue weighted by atomic mass is 10.3. The molecule has 2 aromatic rings.